The molecule has 0 saturated carbocycles. The first-order chi connectivity index (χ1) is 9.76. The molecule has 6 nitrogen and oxygen atoms in total. The Labute approximate surface area is 128 Å². The van der Waals surface area contributed by atoms with Crippen molar-refractivity contribution in [2.45, 2.75) is 51.2 Å². The van der Waals surface area contributed by atoms with Gasteiger partial charge in [-0.3, -0.25) is 4.79 Å². The second-order valence-electron chi connectivity index (χ2n) is 5.16. The molecule has 7 heteroatoms. The number of carbonyl (C=O) groups excluding carboxylic acids is 1. The monoisotopic (exact) mass is 311 g/mol. The molecule has 1 rings (SSSR count). The lowest BCUT2D eigenvalue weighted by Gasteiger charge is -2.25. The first-order valence-corrected chi connectivity index (χ1v) is 7.75. The molecule has 21 heavy (non-hydrogen) atoms. The molecule has 1 amide bonds. The number of thioether (sulfide) groups is 1. The van der Waals surface area contributed by atoms with Crippen LogP contribution in [0.4, 0.5) is 0 Å². The molecule has 0 spiro atoms. The van der Waals surface area contributed by atoms with Crippen molar-refractivity contribution in [3.05, 3.63) is 17.5 Å². The van der Waals surface area contributed by atoms with E-state index in [2.05, 4.69) is 15.3 Å². The van der Waals surface area contributed by atoms with Crippen molar-refractivity contribution in [1.29, 1.82) is 0 Å². The molecule has 0 saturated heterocycles. The predicted octanol–water partition coefficient (Wildman–Crippen LogP) is 1.95. The van der Waals surface area contributed by atoms with Crippen molar-refractivity contribution < 1.29 is 14.7 Å². The van der Waals surface area contributed by atoms with Crippen LogP contribution >= 0.6 is 11.8 Å². The highest BCUT2D eigenvalue weighted by Crippen LogP contribution is 2.16. The number of carboxylic acids is 1. The van der Waals surface area contributed by atoms with E-state index < -0.39 is 11.5 Å². The number of hydrogen-bond acceptors (Lipinski definition) is 5. The zero-order chi connectivity index (χ0) is 16.0. The summed E-state index contributed by atoms with van der Waals surface area (Å²) < 4.78 is 0. The second kappa shape index (κ2) is 7.40. The molecule has 116 valence electrons. The molecule has 0 bridgehead atoms. The van der Waals surface area contributed by atoms with Gasteiger partial charge in [0.1, 0.15) is 5.54 Å². The Morgan fingerprint density at radius 2 is 1.90 bits per heavy atom. The number of aromatic nitrogens is 2. The molecule has 1 unspecified atom stereocenters. The van der Waals surface area contributed by atoms with Crippen LogP contribution in [0, 0.1) is 13.8 Å². The van der Waals surface area contributed by atoms with E-state index >= 15 is 0 Å². The molecule has 1 atom stereocenters. The molecule has 1 aromatic rings. The van der Waals surface area contributed by atoms with Crippen LogP contribution in [-0.4, -0.2) is 38.2 Å². The Hall–Kier alpha value is -1.63. The van der Waals surface area contributed by atoms with E-state index in [1.807, 2.05) is 26.8 Å². The van der Waals surface area contributed by atoms with Crippen LogP contribution in [0.1, 0.15) is 38.1 Å². The molecule has 0 aliphatic heterocycles. The highest BCUT2D eigenvalue weighted by atomic mass is 32.2. The number of hydrogen-bond donors (Lipinski definition) is 2. The average molecular weight is 311 g/mol. The van der Waals surface area contributed by atoms with Gasteiger partial charge in [0.15, 0.2) is 5.16 Å². The van der Waals surface area contributed by atoms with Gasteiger partial charge in [0, 0.05) is 11.4 Å². The fraction of sp³-hybridized carbons (Fsp3) is 0.571. The Balaban J connectivity index is 2.63. The van der Waals surface area contributed by atoms with Gasteiger partial charge in [0.25, 0.3) is 0 Å². The first kappa shape index (κ1) is 17.4. The van der Waals surface area contributed by atoms with E-state index in [9.17, 15) is 14.7 Å². The molecule has 1 aromatic heterocycles. The van der Waals surface area contributed by atoms with E-state index in [1.165, 1.54) is 18.7 Å². The predicted molar refractivity (Wildman–Crippen MR) is 81.3 cm³/mol. The fourth-order valence-corrected chi connectivity index (χ4v) is 2.70. The van der Waals surface area contributed by atoms with Crippen LogP contribution in [0.3, 0.4) is 0 Å². The van der Waals surface area contributed by atoms with Gasteiger partial charge in [0.05, 0.1) is 5.75 Å². The maximum atomic E-state index is 11.9. The van der Waals surface area contributed by atoms with Crippen LogP contribution in [0.25, 0.3) is 0 Å². The number of nitrogens with one attached hydrogen (secondary N) is 1. The van der Waals surface area contributed by atoms with Crippen molar-refractivity contribution >= 4 is 23.6 Å². The number of amides is 1. The number of rotatable bonds is 7. The second-order valence-corrected chi connectivity index (χ2v) is 6.10. The Morgan fingerprint density at radius 3 is 2.38 bits per heavy atom. The van der Waals surface area contributed by atoms with E-state index in [0.717, 1.165) is 11.4 Å². The van der Waals surface area contributed by atoms with E-state index in [0.29, 0.717) is 18.0 Å². The van der Waals surface area contributed by atoms with E-state index in [4.69, 9.17) is 0 Å². The third-order valence-corrected chi connectivity index (χ3v) is 3.78. The minimum Gasteiger partial charge on any atom is -0.480 e. The third kappa shape index (κ3) is 5.34. The summed E-state index contributed by atoms with van der Waals surface area (Å²) in [6, 6.07) is 1.85. The molecule has 0 fully saturated rings. The molecule has 1 heterocycles. The standard InChI is InChI=1S/C14H21N3O3S/c1-5-6-14(4,12(19)20)17-11(18)8-21-13-15-9(2)7-10(3)16-13/h7H,5-6,8H2,1-4H3,(H,17,18)(H,19,20). The lowest BCUT2D eigenvalue weighted by Crippen LogP contribution is -2.52. The Bertz CT molecular complexity index is 516. The number of aliphatic carboxylic acids is 1. The van der Waals surface area contributed by atoms with Crippen molar-refractivity contribution in [3.8, 4) is 0 Å². The number of aryl methyl sites for hydroxylation is 2. The lowest BCUT2D eigenvalue weighted by atomic mass is 9.96. The minimum absolute atomic E-state index is 0.0927. The number of carboxylic acid groups (broad SMARTS) is 1. The highest BCUT2D eigenvalue weighted by molar-refractivity contribution is 7.99. The van der Waals surface area contributed by atoms with Gasteiger partial charge < -0.3 is 10.4 Å². The van der Waals surface area contributed by atoms with Gasteiger partial charge in [-0.1, -0.05) is 25.1 Å². The van der Waals surface area contributed by atoms with Crippen LogP contribution in [0.5, 0.6) is 0 Å². The fourth-order valence-electron chi connectivity index (χ4n) is 1.95. The maximum absolute atomic E-state index is 11.9. The summed E-state index contributed by atoms with van der Waals surface area (Å²) in [6.07, 6.45) is 1.06. The Morgan fingerprint density at radius 1 is 1.33 bits per heavy atom. The molecule has 0 aliphatic rings. The summed E-state index contributed by atoms with van der Waals surface area (Å²) in [5.74, 6) is -1.26. The Kier molecular flexibility index (Phi) is 6.14. The molecule has 2 N–H and O–H groups in total. The molecular formula is C14H21N3O3S. The van der Waals surface area contributed by atoms with Crippen molar-refractivity contribution in [2.75, 3.05) is 5.75 Å². The zero-order valence-electron chi connectivity index (χ0n) is 12.8. The molecule has 0 aliphatic carbocycles. The van der Waals surface area contributed by atoms with Crippen LogP contribution in [-0.2, 0) is 9.59 Å². The van der Waals surface area contributed by atoms with Crippen molar-refractivity contribution in [3.63, 3.8) is 0 Å². The quantitative estimate of drug-likeness (QED) is 0.590. The summed E-state index contributed by atoms with van der Waals surface area (Å²) in [5, 5.41) is 12.3. The zero-order valence-corrected chi connectivity index (χ0v) is 13.6. The SMILES string of the molecule is CCCC(C)(NC(=O)CSc1nc(C)cc(C)n1)C(=O)O. The summed E-state index contributed by atoms with van der Waals surface area (Å²) in [7, 11) is 0. The number of nitrogens with zero attached hydrogens (tertiary/aromatic N) is 2. The van der Waals surface area contributed by atoms with Gasteiger partial charge in [-0.2, -0.15) is 0 Å². The first-order valence-electron chi connectivity index (χ1n) is 6.76. The normalized spacial score (nSPS) is 13.5. The summed E-state index contributed by atoms with van der Waals surface area (Å²) in [6.45, 7) is 7.13. The molecule has 0 aromatic carbocycles. The summed E-state index contributed by atoms with van der Waals surface area (Å²) >= 11 is 1.20. The molecular weight excluding hydrogens is 290 g/mol. The summed E-state index contributed by atoms with van der Waals surface area (Å²) in [4.78, 5) is 31.7. The van der Waals surface area contributed by atoms with Crippen molar-refractivity contribution in [2.24, 2.45) is 0 Å². The van der Waals surface area contributed by atoms with Gasteiger partial charge in [-0.15, -0.1) is 0 Å². The summed E-state index contributed by atoms with van der Waals surface area (Å²) in [5.41, 5.74) is 0.453. The van der Waals surface area contributed by atoms with E-state index in [1.54, 1.807) is 0 Å². The van der Waals surface area contributed by atoms with Gasteiger partial charge in [0.2, 0.25) is 5.91 Å². The lowest BCUT2D eigenvalue weighted by molar-refractivity contribution is -0.146. The van der Waals surface area contributed by atoms with Crippen LogP contribution in [0.15, 0.2) is 11.2 Å². The van der Waals surface area contributed by atoms with Gasteiger partial charge >= 0.3 is 5.97 Å². The third-order valence-electron chi connectivity index (χ3n) is 2.93. The average Bonchev–Trinajstić information content (AvgIpc) is 2.35. The van der Waals surface area contributed by atoms with Gasteiger partial charge in [-0.25, -0.2) is 14.8 Å². The largest absolute Gasteiger partial charge is 0.480 e. The highest BCUT2D eigenvalue weighted by Gasteiger charge is 2.33. The van der Waals surface area contributed by atoms with Gasteiger partial charge in [-0.05, 0) is 33.3 Å². The van der Waals surface area contributed by atoms with Crippen LogP contribution < -0.4 is 5.32 Å². The molecule has 0 radical (unpaired) electrons. The van der Waals surface area contributed by atoms with Crippen LogP contribution in [0.2, 0.25) is 0 Å². The smallest absolute Gasteiger partial charge is 0.329 e. The van der Waals surface area contributed by atoms with Crippen molar-refractivity contribution in [1.82, 2.24) is 15.3 Å². The maximum Gasteiger partial charge on any atom is 0.329 e. The minimum atomic E-state index is -1.23. The topological polar surface area (TPSA) is 92.2 Å². The van der Waals surface area contributed by atoms with E-state index in [-0.39, 0.29) is 11.7 Å². The number of carbonyl (C=O) groups is 2.